The molecule has 1 N–H and O–H groups in total. The number of piperidine rings is 1. The highest BCUT2D eigenvalue weighted by atomic mass is 16.3. The van der Waals surface area contributed by atoms with Crippen LogP contribution in [0.4, 0.5) is 0 Å². The molecular weight excluding hydrogens is 352 g/mol. The average Bonchev–Trinajstić information content (AvgIpc) is 3.14. The Morgan fingerprint density at radius 2 is 1.71 bits per heavy atom. The summed E-state index contributed by atoms with van der Waals surface area (Å²) in [5.74, 6) is 0.0784. The largest absolute Gasteiger partial charge is 0.393 e. The highest BCUT2D eigenvalue weighted by Crippen LogP contribution is 2.40. The van der Waals surface area contributed by atoms with Gasteiger partial charge in [-0.1, -0.05) is 30.3 Å². The maximum atomic E-state index is 13.6. The molecule has 1 unspecified atom stereocenters. The summed E-state index contributed by atoms with van der Waals surface area (Å²) < 4.78 is 0. The zero-order valence-electron chi connectivity index (χ0n) is 16.4. The van der Waals surface area contributed by atoms with Gasteiger partial charge in [0.1, 0.15) is 5.54 Å². The van der Waals surface area contributed by atoms with Crippen LogP contribution in [0.2, 0.25) is 0 Å². The lowest BCUT2D eigenvalue weighted by Crippen LogP contribution is -2.63. The van der Waals surface area contributed by atoms with E-state index >= 15 is 0 Å². The molecule has 0 radical (unpaired) electrons. The van der Waals surface area contributed by atoms with Gasteiger partial charge < -0.3 is 14.9 Å². The topological polar surface area (TPSA) is 60.9 Å². The van der Waals surface area contributed by atoms with Crippen molar-refractivity contribution in [3.8, 4) is 0 Å². The van der Waals surface area contributed by atoms with E-state index in [0.717, 1.165) is 63.5 Å². The van der Waals surface area contributed by atoms with Crippen LogP contribution in [0.25, 0.3) is 6.08 Å². The highest BCUT2D eigenvalue weighted by Gasteiger charge is 2.53. The summed E-state index contributed by atoms with van der Waals surface area (Å²) >= 11 is 0. The van der Waals surface area contributed by atoms with Crippen LogP contribution in [0.5, 0.6) is 0 Å². The zero-order valence-corrected chi connectivity index (χ0v) is 16.4. The molecule has 5 heteroatoms. The first-order valence-corrected chi connectivity index (χ1v) is 10.6. The molecule has 1 spiro atoms. The molecule has 28 heavy (non-hydrogen) atoms. The van der Waals surface area contributed by atoms with Crippen LogP contribution in [0.15, 0.2) is 36.4 Å². The zero-order chi connectivity index (χ0) is 19.6. The lowest BCUT2D eigenvalue weighted by Gasteiger charge is -2.47. The van der Waals surface area contributed by atoms with Crippen molar-refractivity contribution in [1.82, 2.24) is 9.80 Å². The molecule has 0 aromatic heterocycles. The van der Waals surface area contributed by atoms with E-state index in [1.165, 1.54) is 0 Å². The molecule has 1 aromatic carbocycles. The van der Waals surface area contributed by atoms with Crippen molar-refractivity contribution in [2.45, 2.75) is 69.1 Å². The van der Waals surface area contributed by atoms with E-state index in [1.807, 2.05) is 46.2 Å². The van der Waals surface area contributed by atoms with Crippen molar-refractivity contribution in [1.29, 1.82) is 0 Å². The first kappa shape index (κ1) is 19.2. The lowest BCUT2D eigenvalue weighted by atomic mass is 9.82. The number of aliphatic hydroxyl groups is 1. The molecule has 2 aliphatic heterocycles. The maximum Gasteiger partial charge on any atom is 0.248 e. The Balaban J connectivity index is 1.51. The second kappa shape index (κ2) is 8.08. The second-order valence-corrected chi connectivity index (χ2v) is 8.43. The minimum atomic E-state index is -0.660. The molecule has 150 valence electrons. The summed E-state index contributed by atoms with van der Waals surface area (Å²) in [6.45, 7) is 1.43. The Hall–Kier alpha value is -2.14. The van der Waals surface area contributed by atoms with Crippen LogP contribution < -0.4 is 0 Å². The van der Waals surface area contributed by atoms with Gasteiger partial charge in [-0.25, -0.2) is 0 Å². The average molecular weight is 383 g/mol. The number of aliphatic hydroxyl groups excluding tert-OH is 1. The molecule has 4 rings (SSSR count). The number of rotatable bonds is 3. The molecule has 1 aliphatic carbocycles. The normalized spacial score (nSPS) is 31.1. The van der Waals surface area contributed by atoms with Gasteiger partial charge in [0.15, 0.2) is 0 Å². The molecule has 1 aromatic rings. The van der Waals surface area contributed by atoms with Gasteiger partial charge in [0.25, 0.3) is 0 Å². The highest BCUT2D eigenvalue weighted by molar-refractivity contribution is 5.98. The fraction of sp³-hybridized carbons (Fsp3) is 0.565. The number of likely N-dealkylation sites (tertiary alicyclic amines) is 2. The molecule has 2 amide bonds. The minimum absolute atomic E-state index is 0.0596. The van der Waals surface area contributed by atoms with Crippen molar-refractivity contribution in [3.05, 3.63) is 42.0 Å². The number of hydrogen-bond acceptors (Lipinski definition) is 3. The third-order valence-corrected chi connectivity index (χ3v) is 6.73. The Labute approximate surface area is 167 Å². The molecule has 2 heterocycles. The number of carbonyl (C=O) groups excluding carboxylic acids is 2. The summed E-state index contributed by atoms with van der Waals surface area (Å²) in [7, 11) is 0. The summed E-state index contributed by atoms with van der Waals surface area (Å²) in [5.41, 5.74) is 0.327. The standard InChI is InChI=1S/C23H30N2O3/c26-20-11-9-19(10-12-20)24-16-4-14-23(22(24)28)15-5-17-25(23)21(27)13-8-18-6-2-1-3-7-18/h1-3,6-8,13,19-20,26H,4-5,9-12,14-17H2/b13-8+. The first-order valence-electron chi connectivity index (χ1n) is 10.6. The van der Waals surface area contributed by atoms with Crippen LogP contribution in [-0.2, 0) is 9.59 Å². The minimum Gasteiger partial charge on any atom is -0.393 e. The van der Waals surface area contributed by atoms with Crippen LogP contribution >= 0.6 is 0 Å². The molecular formula is C23H30N2O3. The van der Waals surface area contributed by atoms with E-state index in [0.29, 0.717) is 6.54 Å². The molecule has 2 saturated heterocycles. The molecule has 3 aliphatic rings. The monoisotopic (exact) mass is 382 g/mol. The fourth-order valence-corrected chi connectivity index (χ4v) is 5.24. The Morgan fingerprint density at radius 3 is 2.43 bits per heavy atom. The van der Waals surface area contributed by atoms with Crippen molar-refractivity contribution in [3.63, 3.8) is 0 Å². The van der Waals surface area contributed by atoms with Crippen molar-refractivity contribution in [2.24, 2.45) is 0 Å². The van der Waals surface area contributed by atoms with Gasteiger partial charge in [-0.05, 0) is 63.0 Å². The van der Waals surface area contributed by atoms with E-state index in [2.05, 4.69) is 0 Å². The lowest BCUT2D eigenvalue weighted by molar-refractivity contribution is -0.156. The SMILES string of the molecule is O=C(/C=C/c1ccccc1)N1CCCC12CCCN(C1CCC(O)CC1)C2=O. The maximum absolute atomic E-state index is 13.6. The Bertz CT molecular complexity index is 739. The number of benzene rings is 1. The summed E-state index contributed by atoms with van der Waals surface area (Å²) in [6.07, 6.45) is 9.85. The van der Waals surface area contributed by atoms with E-state index in [4.69, 9.17) is 0 Å². The van der Waals surface area contributed by atoms with Crippen molar-refractivity contribution in [2.75, 3.05) is 13.1 Å². The van der Waals surface area contributed by atoms with Crippen LogP contribution in [0.1, 0.15) is 56.9 Å². The van der Waals surface area contributed by atoms with Gasteiger partial charge in [0.2, 0.25) is 11.8 Å². The van der Waals surface area contributed by atoms with Crippen LogP contribution in [0.3, 0.4) is 0 Å². The second-order valence-electron chi connectivity index (χ2n) is 8.43. The molecule has 5 nitrogen and oxygen atoms in total. The summed E-state index contributed by atoms with van der Waals surface area (Å²) in [6, 6.07) is 10.00. The number of carbonyl (C=O) groups is 2. The van der Waals surface area contributed by atoms with Crippen molar-refractivity contribution < 1.29 is 14.7 Å². The molecule has 1 atom stereocenters. The first-order chi connectivity index (χ1) is 13.6. The predicted molar refractivity (Wildman–Crippen MR) is 108 cm³/mol. The summed E-state index contributed by atoms with van der Waals surface area (Å²) in [4.78, 5) is 30.4. The smallest absolute Gasteiger partial charge is 0.248 e. The predicted octanol–water partition coefficient (Wildman–Crippen LogP) is 2.99. The third-order valence-electron chi connectivity index (χ3n) is 6.73. The van der Waals surface area contributed by atoms with Gasteiger partial charge in [-0.2, -0.15) is 0 Å². The van der Waals surface area contributed by atoms with E-state index in [9.17, 15) is 14.7 Å². The number of hydrogen-bond donors (Lipinski definition) is 1. The molecule has 0 bridgehead atoms. The van der Waals surface area contributed by atoms with Gasteiger partial charge in [-0.15, -0.1) is 0 Å². The fourth-order valence-electron chi connectivity index (χ4n) is 5.24. The number of nitrogens with zero attached hydrogens (tertiary/aromatic N) is 2. The van der Waals surface area contributed by atoms with Gasteiger partial charge in [0.05, 0.1) is 6.10 Å². The number of amides is 2. The van der Waals surface area contributed by atoms with Crippen LogP contribution in [-0.4, -0.2) is 57.5 Å². The third kappa shape index (κ3) is 3.60. The van der Waals surface area contributed by atoms with E-state index < -0.39 is 5.54 Å². The van der Waals surface area contributed by atoms with Crippen LogP contribution in [0, 0.1) is 0 Å². The quantitative estimate of drug-likeness (QED) is 0.818. The molecule has 1 saturated carbocycles. The van der Waals surface area contributed by atoms with Gasteiger partial charge in [0, 0.05) is 25.2 Å². The van der Waals surface area contributed by atoms with E-state index in [-0.39, 0.29) is 24.0 Å². The van der Waals surface area contributed by atoms with Gasteiger partial charge in [-0.3, -0.25) is 9.59 Å². The van der Waals surface area contributed by atoms with E-state index in [1.54, 1.807) is 6.08 Å². The Kier molecular flexibility index (Phi) is 5.54. The Morgan fingerprint density at radius 1 is 1.04 bits per heavy atom. The summed E-state index contributed by atoms with van der Waals surface area (Å²) in [5, 5.41) is 9.80. The van der Waals surface area contributed by atoms with Gasteiger partial charge >= 0.3 is 0 Å². The molecule has 3 fully saturated rings. The van der Waals surface area contributed by atoms with Crippen molar-refractivity contribution >= 4 is 17.9 Å².